The van der Waals surface area contributed by atoms with Gasteiger partial charge in [0.1, 0.15) is 5.82 Å². The molecule has 0 aliphatic carbocycles. The van der Waals surface area contributed by atoms with Gasteiger partial charge in [0, 0.05) is 6.21 Å². The minimum atomic E-state index is -0.461. The number of benzene rings is 2. The fourth-order valence-corrected chi connectivity index (χ4v) is 1.52. The summed E-state index contributed by atoms with van der Waals surface area (Å²) < 4.78 is 12.9. The maximum absolute atomic E-state index is 12.9. The van der Waals surface area contributed by atoms with Crippen molar-refractivity contribution in [2.75, 3.05) is 0 Å². The number of hydrogen-bond donors (Lipinski definition) is 0. The lowest BCUT2D eigenvalue weighted by Gasteiger charge is -1.97. The zero-order valence-electron chi connectivity index (χ0n) is 9.27. The van der Waals surface area contributed by atoms with Crippen LogP contribution in [0.5, 0.6) is 0 Å². The van der Waals surface area contributed by atoms with Crippen LogP contribution in [0.25, 0.3) is 4.85 Å². The normalized spacial score (nSPS) is 10.5. The first-order valence-corrected chi connectivity index (χ1v) is 5.53. The van der Waals surface area contributed by atoms with E-state index in [1.165, 1.54) is 12.1 Å². The second-order valence-corrected chi connectivity index (χ2v) is 3.97. The van der Waals surface area contributed by atoms with Gasteiger partial charge in [-0.1, -0.05) is 35.9 Å². The summed E-state index contributed by atoms with van der Waals surface area (Å²) in [5.74, 6) is -0.461. The molecule has 0 spiro atoms. The lowest BCUT2D eigenvalue weighted by Crippen LogP contribution is -1.79. The average Bonchev–Trinajstić information content (AvgIpc) is 2.41. The van der Waals surface area contributed by atoms with E-state index >= 15 is 0 Å². The molecule has 0 aromatic heterocycles. The fourth-order valence-electron chi connectivity index (χ4n) is 1.35. The maximum atomic E-state index is 12.9. The summed E-state index contributed by atoms with van der Waals surface area (Å²) in [4.78, 5) is 7.48. The van der Waals surface area contributed by atoms with Crippen LogP contribution in [0.3, 0.4) is 0 Å². The van der Waals surface area contributed by atoms with Gasteiger partial charge >= 0.3 is 0 Å². The zero-order chi connectivity index (χ0) is 13.0. The van der Waals surface area contributed by atoms with Crippen molar-refractivity contribution in [3.05, 3.63) is 70.3 Å². The number of hydrogen-bond acceptors (Lipinski definition) is 1. The van der Waals surface area contributed by atoms with Crippen LogP contribution >= 0.6 is 11.6 Å². The highest BCUT2D eigenvalue weighted by Crippen LogP contribution is 2.21. The molecule has 0 unspecified atom stereocenters. The topological polar surface area (TPSA) is 16.7 Å². The Labute approximate surface area is 109 Å². The number of aliphatic imine (C=N–C) groups is 1. The monoisotopic (exact) mass is 258 g/mol. The van der Waals surface area contributed by atoms with Crippen molar-refractivity contribution >= 4 is 29.2 Å². The average molecular weight is 259 g/mol. The minimum absolute atomic E-state index is 0.0491. The number of rotatable bonds is 2. The summed E-state index contributed by atoms with van der Waals surface area (Å²) in [6, 6.07) is 11.3. The van der Waals surface area contributed by atoms with E-state index in [0.717, 1.165) is 5.56 Å². The van der Waals surface area contributed by atoms with Gasteiger partial charge < -0.3 is 0 Å². The van der Waals surface area contributed by atoms with Crippen LogP contribution in [0.2, 0.25) is 5.02 Å². The van der Waals surface area contributed by atoms with Crippen molar-refractivity contribution in [1.82, 2.24) is 0 Å². The van der Waals surface area contributed by atoms with Crippen molar-refractivity contribution in [3.63, 3.8) is 0 Å². The summed E-state index contributed by atoms with van der Waals surface area (Å²) in [6.07, 6.45) is 1.64. The smallest absolute Gasteiger partial charge is 0.187 e. The van der Waals surface area contributed by atoms with Gasteiger partial charge in [-0.3, -0.25) is 4.99 Å². The summed E-state index contributed by atoms with van der Waals surface area (Å²) >= 11 is 5.65. The molecule has 18 heavy (non-hydrogen) atoms. The van der Waals surface area contributed by atoms with E-state index in [1.807, 2.05) is 0 Å². The van der Waals surface area contributed by atoms with Crippen molar-refractivity contribution in [2.24, 2.45) is 4.99 Å². The second-order valence-electron chi connectivity index (χ2n) is 3.56. The molecular formula is C14H8ClFN2. The summed E-state index contributed by atoms with van der Waals surface area (Å²) in [6.45, 7) is 6.84. The molecule has 0 aliphatic rings. The molecule has 0 bridgehead atoms. The minimum Gasteiger partial charge on any atom is -0.256 e. The molecule has 0 saturated heterocycles. The van der Waals surface area contributed by atoms with E-state index in [1.54, 1.807) is 36.5 Å². The molecule has 88 valence electrons. The fraction of sp³-hybridized carbons (Fsp3) is 0. The van der Waals surface area contributed by atoms with Gasteiger partial charge in [0.25, 0.3) is 0 Å². The number of halogens is 2. The highest BCUT2D eigenvalue weighted by Gasteiger charge is 1.99. The third kappa shape index (κ3) is 2.93. The molecule has 0 atom stereocenters. The maximum Gasteiger partial charge on any atom is 0.187 e. The molecule has 2 aromatic carbocycles. The van der Waals surface area contributed by atoms with Crippen molar-refractivity contribution in [2.45, 2.75) is 0 Å². The Bertz CT molecular complexity index is 627. The van der Waals surface area contributed by atoms with Crippen LogP contribution in [0.15, 0.2) is 47.5 Å². The van der Waals surface area contributed by atoms with Crippen molar-refractivity contribution in [1.29, 1.82) is 0 Å². The Kier molecular flexibility index (Phi) is 3.71. The van der Waals surface area contributed by atoms with Crippen LogP contribution < -0.4 is 0 Å². The van der Waals surface area contributed by atoms with Crippen LogP contribution in [-0.4, -0.2) is 6.21 Å². The Morgan fingerprint density at radius 2 is 1.89 bits per heavy atom. The molecular weight excluding hydrogens is 251 g/mol. The van der Waals surface area contributed by atoms with Crippen LogP contribution in [0.1, 0.15) is 5.56 Å². The summed E-state index contributed by atoms with van der Waals surface area (Å²) in [5, 5.41) is 0.0491. The van der Waals surface area contributed by atoms with E-state index in [-0.39, 0.29) is 5.02 Å². The standard InChI is InChI=1S/C14H8ClFN2/c1-17-11-4-2-10(3-5-11)9-18-12-6-7-14(16)13(15)8-12/h2-9H/b18-9+. The van der Waals surface area contributed by atoms with Gasteiger partial charge in [-0.2, -0.15) is 0 Å². The molecule has 0 heterocycles. The predicted molar refractivity (Wildman–Crippen MR) is 71.4 cm³/mol. The summed E-state index contributed by atoms with van der Waals surface area (Å²) in [5.41, 5.74) is 2.02. The predicted octanol–water partition coefficient (Wildman–Crippen LogP) is 4.78. The molecule has 2 nitrogen and oxygen atoms in total. The van der Waals surface area contributed by atoms with E-state index in [4.69, 9.17) is 18.2 Å². The molecule has 4 heteroatoms. The Hall–Kier alpha value is -2.18. The van der Waals surface area contributed by atoms with Crippen LogP contribution in [0, 0.1) is 12.4 Å². The lowest BCUT2D eigenvalue weighted by molar-refractivity contribution is 0.628. The molecule has 2 aromatic rings. The van der Waals surface area contributed by atoms with Crippen LogP contribution in [0.4, 0.5) is 15.8 Å². The Balaban J connectivity index is 2.19. The van der Waals surface area contributed by atoms with Crippen molar-refractivity contribution < 1.29 is 4.39 Å². The van der Waals surface area contributed by atoms with Gasteiger partial charge in [0.2, 0.25) is 0 Å². The third-order valence-corrected chi connectivity index (χ3v) is 2.58. The third-order valence-electron chi connectivity index (χ3n) is 2.29. The first-order chi connectivity index (χ1) is 8.69. The molecule has 0 radical (unpaired) electrons. The molecule has 0 saturated carbocycles. The van der Waals surface area contributed by atoms with Gasteiger partial charge in [0.05, 0.1) is 17.3 Å². The first kappa shape index (κ1) is 12.3. The highest BCUT2D eigenvalue weighted by atomic mass is 35.5. The Morgan fingerprint density at radius 3 is 2.50 bits per heavy atom. The van der Waals surface area contributed by atoms with E-state index in [2.05, 4.69) is 9.84 Å². The molecule has 0 aliphatic heterocycles. The van der Waals surface area contributed by atoms with E-state index < -0.39 is 5.82 Å². The van der Waals surface area contributed by atoms with Crippen molar-refractivity contribution in [3.8, 4) is 0 Å². The largest absolute Gasteiger partial charge is 0.256 e. The van der Waals surface area contributed by atoms with Gasteiger partial charge in [-0.25, -0.2) is 9.24 Å². The summed E-state index contributed by atoms with van der Waals surface area (Å²) in [7, 11) is 0. The second kappa shape index (κ2) is 5.44. The van der Waals surface area contributed by atoms with Crippen LogP contribution in [-0.2, 0) is 0 Å². The van der Waals surface area contributed by atoms with E-state index in [0.29, 0.717) is 11.4 Å². The molecule has 0 N–H and O–H groups in total. The zero-order valence-corrected chi connectivity index (χ0v) is 10.0. The van der Waals surface area contributed by atoms with Gasteiger partial charge in [-0.15, -0.1) is 0 Å². The van der Waals surface area contributed by atoms with Gasteiger partial charge in [0.15, 0.2) is 5.69 Å². The van der Waals surface area contributed by atoms with Gasteiger partial charge in [-0.05, 0) is 23.8 Å². The molecule has 2 rings (SSSR count). The Morgan fingerprint density at radius 1 is 1.17 bits per heavy atom. The molecule has 0 amide bonds. The quantitative estimate of drug-likeness (QED) is 0.545. The SMILES string of the molecule is [C-]#[N+]c1ccc(/C=N/c2ccc(F)c(Cl)c2)cc1. The highest BCUT2D eigenvalue weighted by molar-refractivity contribution is 6.31. The number of nitrogens with zero attached hydrogens (tertiary/aromatic N) is 2. The van der Waals surface area contributed by atoms with E-state index in [9.17, 15) is 4.39 Å². The lowest BCUT2D eigenvalue weighted by atomic mass is 10.2. The first-order valence-electron chi connectivity index (χ1n) is 5.16. The molecule has 0 fully saturated rings.